The van der Waals surface area contributed by atoms with Crippen LogP contribution in [0.3, 0.4) is 0 Å². The standard InChI is InChI=1S/C12H17FN2/c1-9-4-2-3-7-15(9)12-6-5-10(13)8-11(12)14/h5-6,8-9H,2-4,7,14H2,1H3/t9-/m0/s1. The number of anilines is 2. The van der Waals surface area contributed by atoms with Gasteiger partial charge in [-0.15, -0.1) is 0 Å². The van der Waals surface area contributed by atoms with Crippen molar-refractivity contribution in [1.29, 1.82) is 0 Å². The van der Waals surface area contributed by atoms with E-state index in [1.165, 1.54) is 31.4 Å². The second-order valence-electron chi connectivity index (χ2n) is 4.24. The van der Waals surface area contributed by atoms with Crippen molar-refractivity contribution in [2.24, 2.45) is 0 Å². The van der Waals surface area contributed by atoms with E-state index < -0.39 is 0 Å². The lowest BCUT2D eigenvalue weighted by Gasteiger charge is -2.36. The minimum absolute atomic E-state index is 0.263. The molecular weight excluding hydrogens is 191 g/mol. The van der Waals surface area contributed by atoms with Gasteiger partial charge in [0.05, 0.1) is 11.4 Å². The largest absolute Gasteiger partial charge is 0.397 e. The molecule has 0 bridgehead atoms. The topological polar surface area (TPSA) is 29.3 Å². The van der Waals surface area contributed by atoms with Crippen LogP contribution >= 0.6 is 0 Å². The lowest BCUT2D eigenvalue weighted by Crippen LogP contribution is -2.37. The van der Waals surface area contributed by atoms with Gasteiger partial charge < -0.3 is 10.6 Å². The Morgan fingerprint density at radius 2 is 2.20 bits per heavy atom. The van der Waals surface area contributed by atoms with Gasteiger partial charge in [0.25, 0.3) is 0 Å². The molecule has 82 valence electrons. The highest BCUT2D eigenvalue weighted by Crippen LogP contribution is 2.29. The number of halogens is 1. The number of nitrogens with two attached hydrogens (primary N) is 1. The van der Waals surface area contributed by atoms with Gasteiger partial charge in [0.1, 0.15) is 5.82 Å². The smallest absolute Gasteiger partial charge is 0.125 e. The second-order valence-corrected chi connectivity index (χ2v) is 4.24. The van der Waals surface area contributed by atoms with E-state index in [2.05, 4.69) is 11.8 Å². The molecule has 0 radical (unpaired) electrons. The summed E-state index contributed by atoms with van der Waals surface area (Å²) in [6, 6.07) is 5.17. The maximum Gasteiger partial charge on any atom is 0.125 e. The lowest BCUT2D eigenvalue weighted by molar-refractivity contribution is 0.485. The normalized spacial score (nSPS) is 21.7. The highest BCUT2D eigenvalue weighted by atomic mass is 19.1. The van der Waals surface area contributed by atoms with Gasteiger partial charge in [-0.1, -0.05) is 0 Å². The molecule has 2 N–H and O–H groups in total. The van der Waals surface area contributed by atoms with E-state index in [0.29, 0.717) is 11.7 Å². The summed E-state index contributed by atoms with van der Waals surface area (Å²) in [5.41, 5.74) is 7.35. The number of hydrogen-bond donors (Lipinski definition) is 1. The molecule has 0 spiro atoms. The van der Waals surface area contributed by atoms with Crippen molar-refractivity contribution in [2.45, 2.75) is 32.2 Å². The van der Waals surface area contributed by atoms with Crippen LogP contribution < -0.4 is 10.6 Å². The Morgan fingerprint density at radius 1 is 1.40 bits per heavy atom. The summed E-state index contributed by atoms with van der Waals surface area (Å²) in [5.74, 6) is -0.263. The Kier molecular flexibility index (Phi) is 2.80. The minimum Gasteiger partial charge on any atom is -0.397 e. The average Bonchev–Trinajstić information content (AvgIpc) is 2.20. The fourth-order valence-electron chi connectivity index (χ4n) is 2.24. The Labute approximate surface area is 89.9 Å². The van der Waals surface area contributed by atoms with Crippen molar-refractivity contribution < 1.29 is 4.39 Å². The van der Waals surface area contributed by atoms with Gasteiger partial charge in [0.2, 0.25) is 0 Å². The van der Waals surface area contributed by atoms with E-state index in [1.807, 2.05) is 0 Å². The quantitative estimate of drug-likeness (QED) is 0.719. The summed E-state index contributed by atoms with van der Waals surface area (Å²) in [4.78, 5) is 2.28. The Hall–Kier alpha value is -1.25. The first-order valence-corrected chi connectivity index (χ1v) is 5.50. The summed E-state index contributed by atoms with van der Waals surface area (Å²) in [7, 11) is 0. The highest BCUT2D eigenvalue weighted by molar-refractivity contribution is 5.68. The van der Waals surface area contributed by atoms with Crippen LogP contribution in [0.1, 0.15) is 26.2 Å². The van der Waals surface area contributed by atoms with Gasteiger partial charge in [-0.3, -0.25) is 0 Å². The number of rotatable bonds is 1. The number of piperidine rings is 1. The van der Waals surface area contributed by atoms with Gasteiger partial charge in [0.15, 0.2) is 0 Å². The zero-order valence-electron chi connectivity index (χ0n) is 9.04. The van der Waals surface area contributed by atoms with E-state index in [9.17, 15) is 4.39 Å². The van der Waals surface area contributed by atoms with E-state index in [1.54, 1.807) is 6.07 Å². The van der Waals surface area contributed by atoms with Crippen molar-refractivity contribution in [3.8, 4) is 0 Å². The van der Waals surface area contributed by atoms with Crippen molar-refractivity contribution in [2.75, 3.05) is 17.2 Å². The van der Waals surface area contributed by atoms with Gasteiger partial charge in [-0.05, 0) is 44.4 Å². The molecule has 3 heteroatoms. The Balaban J connectivity index is 2.27. The molecule has 1 aromatic rings. The van der Waals surface area contributed by atoms with Gasteiger partial charge in [-0.25, -0.2) is 4.39 Å². The van der Waals surface area contributed by atoms with Gasteiger partial charge in [-0.2, -0.15) is 0 Å². The molecular formula is C12H17FN2. The third-order valence-electron chi connectivity index (χ3n) is 3.10. The van der Waals surface area contributed by atoms with Crippen LogP contribution in [-0.2, 0) is 0 Å². The highest BCUT2D eigenvalue weighted by Gasteiger charge is 2.20. The van der Waals surface area contributed by atoms with Crippen LogP contribution in [0.5, 0.6) is 0 Å². The Bertz CT molecular complexity index is 351. The fourth-order valence-corrected chi connectivity index (χ4v) is 2.24. The van der Waals surface area contributed by atoms with E-state index in [-0.39, 0.29) is 5.82 Å². The fraction of sp³-hybridized carbons (Fsp3) is 0.500. The summed E-state index contributed by atoms with van der Waals surface area (Å²) < 4.78 is 12.9. The SMILES string of the molecule is C[C@H]1CCCCN1c1ccc(F)cc1N. The molecule has 1 atom stereocenters. The molecule has 1 saturated heterocycles. The first kappa shape index (κ1) is 10.3. The molecule has 0 saturated carbocycles. The predicted octanol–water partition coefficient (Wildman–Crippen LogP) is 2.79. The molecule has 0 aromatic heterocycles. The monoisotopic (exact) mass is 208 g/mol. The minimum atomic E-state index is -0.263. The van der Waals surface area contributed by atoms with Crippen LogP contribution in [0.2, 0.25) is 0 Å². The Morgan fingerprint density at radius 3 is 2.87 bits per heavy atom. The summed E-state index contributed by atoms with van der Waals surface area (Å²) in [6.07, 6.45) is 3.66. The maximum atomic E-state index is 12.9. The average molecular weight is 208 g/mol. The molecule has 1 heterocycles. The zero-order chi connectivity index (χ0) is 10.8. The number of hydrogen-bond acceptors (Lipinski definition) is 2. The van der Waals surface area contributed by atoms with Crippen molar-refractivity contribution in [1.82, 2.24) is 0 Å². The number of nitrogen functional groups attached to an aromatic ring is 1. The summed E-state index contributed by atoms with van der Waals surface area (Å²) >= 11 is 0. The molecule has 2 rings (SSSR count). The molecule has 1 aliphatic heterocycles. The number of nitrogens with zero attached hydrogens (tertiary/aromatic N) is 1. The van der Waals surface area contributed by atoms with Crippen LogP contribution in [0.25, 0.3) is 0 Å². The van der Waals surface area contributed by atoms with E-state index >= 15 is 0 Å². The first-order valence-electron chi connectivity index (χ1n) is 5.50. The molecule has 1 aromatic carbocycles. The molecule has 15 heavy (non-hydrogen) atoms. The van der Waals surface area contributed by atoms with Crippen LogP contribution in [0.15, 0.2) is 18.2 Å². The number of benzene rings is 1. The third kappa shape index (κ3) is 2.06. The van der Waals surface area contributed by atoms with Crippen LogP contribution in [0.4, 0.5) is 15.8 Å². The summed E-state index contributed by atoms with van der Waals surface area (Å²) in [5, 5.41) is 0. The first-order chi connectivity index (χ1) is 7.18. The lowest BCUT2D eigenvalue weighted by atomic mass is 10.0. The molecule has 1 fully saturated rings. The van der Waals surface area contributed by atoms with Gasteiger partial charge >= 0.3 is 0 Å². The van der Waals surface area contributed by atoms with Crippen molar-refractivity contribution in [3.05, 3.63) is 24.0 Å². The summed E-state index contributed by atoms with van der Waals surface area (Å²) in [6.45, 7) is 3.22. The molecule has 1 aliphatic rings. The van der Waals surface area contributed by atoms with Crippen LogP contribution in [-0.4, -0.2) is 12.6 Å². The van der Waals surface area contributed by atoms with Crippen molar-refractivity contribution in [3.63, 3.8) is 0 Å². The molecule has 0 unspecified atom stereocenters. The van der Waals surface area contributed by atoms with Crippen molar-refractivity contribution >= 4 is 11.4 Å². The zero-order valence-corrected chi connectivity index (χ0v) is 9.04. The predicted molar refractivity (Wildman–Crippen MR) is 61.5 cm³/mol. The third-order valence-corrected chi connectivity index (χ3v) is 3.10. The van der Waals surface area contributed by atoms with E-state index in [4.69, 9.17) is 5.73 Å². The molecule has 0 amide bonds. The van der Waals surface area contributed by atoms with Gasteiger partial charge in [0, 0.05) is 12.6 Å². The molecule has 0 aliphatic carbocycles. The second kappa shape index (κ2) is 4.09. The van der Waals surface area contributed by atoms with E-state index in [0.717, 1.165) is 12.2 Å². The van der Waals surface area contributed by atoms with Crippen LogP contribution in [0, 0.1) is 5.82 Å². The molecule has 2 nitrogen and oxygen atoms in total. The maximum absolute atomic E-state index is 12.9.